The quantitative estimate of drug-likeness (QED) is 0.647. The van der Waals surface area contributed by atoms with Gasteiger partial charge < -0.3 is 20.1 Å². The van der Waals surface area contributed by atoms with E-state index in [1.165, 1.54) is 0 Å². The molecule has 5 heteroatoms. The molecule has 124 valence electrons. The summed E-state index contributed by atoms with van der Waals surface area (Å²) in [7, 11) is 0. The summed E-state index contributed by atoms with van der Waals surface area (Å²) in [5.74, 6) is -0.744. The zero-order chi connectivity index (χ0) is 15.7. The molecule has 21 heavy (non-hydrogen) atoms. The number of carbonyl (C=O) groups is 1. The Kier molecular flexibility index (Phi) is 8.22. The molecule has 0 spiro atoms. The zero-order valence-corrected chi connectivity index (χ0v) is 13.9. The summed E-state index contributed by atoms with van der Waals surface area (Å²) in [4.78, 5) is 13.9. The monoisotopic (exact) mass is 300 g/mol. The average Bonchev–Trinajstić information content (AvgIpc) is 2.47. The lowest BCUT2D eigenvalue weighted by molar-refractivity contribution is -0.144. The first-order valence-corrected chi connectivity index (χ1v) is 8.34. The van der Waals surface area contributed by atoms with Gasteiger partial charge in [-0.25, -0.2) is 0 Å². The third-order valence-corrected chi connectivity index (χ3v) is 4.33. The van der Waals surface area contributed by atoms with Crippen LogP contribution in [-0.4, -0.2) is 60.4 Å². The fourth-order valence-corrected chi connectivity index (χ4v) is 2.86. The molecule has 1 aliphatic heterocycles. The molecular weight excluding hydrogens is 268 g/mol. The zero-order valence-electron chi connectivity index (χ0n) is 13.9. The second-order valence-corrected chi connectivity index (χ2v) is 6.16. The molecule has 1 saturated heterocycles. The normalized spacial score (nSPS) is 20.3. The number of nitrogens with one attached hydrogen (secondary N) is 1. The first-order valence-electron chi connectivity index (χ1n) is 8.34. The van der Waals surface area contributed by atoms with Crippen molar-refractivity contribution in [3.8, 4) is 0 Å². The predicted octanol–water partition coefficient (Wildman–Crippen LogP) is 2.11. The van der Waals surface area contributed by atoms with E-state index >= 15 is 0 Å². The van der Waals surface area contributed by atoms with Crippen molar-refractivity contribution in [2.75, 3.05) is 32.8 Å². The summed E-state index contributed by atoms with van der Waals surface area (Å²) >= 11 is 0. The van der Waals surface area contributed by atoms with Gasteiger partial charge in [0.15, 0.2) is 0 Å². The van der Waals surface area contributed by atoms with E-state index in [0.29, 0.717) is 12.5 Å². The number of ether oxygens (including phenoxy) is 1. The summed E-state index contributed by atoms with van der Waals surface area (Å²) in [6, 6.07) is 0. The number of rotatable bonds is 10. The van der Waals surface area contributed by atoms with Crippen LogP contribution in [0.25, 0.3) is 0 Å². The van der Waals surface area contributed by atoms with Crippen molar-refractivity contribution in [1.82, 2.24) is 10.2 Å². The van der Waals surface area contributed by atoms with Crippen molar-refractivity contribution in [3.05, 3.63) is 0 Å². The lowest BCUT2D eigenvalue weighted by Gasteiger charge is -2.33. The number of likely N-dealkylation sites (tertiary alicyclic amines) is 1. The third-order valence-electron chi connectivity index (χ3n) is 4.33. The van der Waals surface area contributed by atoms with E-state index in [4.69, 9.17) is 4.74 Å². The highest BCUT2D eigenvalue weighted by atomic mass is 16.5. The molecule has 0 radical (unpaired) electrons. The molecule has 0 aliphatic carbocycles. The number of carboxylic acids is 1. The molecule has 1 unspecified atom stereocenters. The van der Waals surface area contributed by atoms with E-state index in [1.807, 2.05) is 6.92 Å². The highest BCUT2D eigenvalue weighted by Gasteiger charge is 2.31. The van der Waals surface area contributed by atoms with Gasteiger partial charge >= 0.3 is 5.97 Å². The Morgan fingerprint density at radius 2 is 2.05 bits per heavy atom. The molecule has 1 heterocycles. The van der Waals surface area contributed by atoms with E-state index < -0.39 is 11.5 Å². The maximum absolute atomic E-state index is 11.4. The van der Waals surface area contributed by atoms with Gasteiger partial charge in [0, 0.05) is 19.7 Å². The Morgan fingerprint density at radius 3 is 2.57 bits per heavy atom. The van der Waals surface area contributed by atoms with Crippen LogP contribution in [0.1, 0.15) is 52.9 Å². The largest absolute Gasteiger partial charge is 0.480 e. The first-order chi connectivity index (χ1) is 10.0. The lowest BCUT2D eigenvalue weighted by Crippen LogP contribution is -2.50. The van der Waals surface area contributed by atoms with Gasteiger partial charge in [0.25, 0.3) is 0 Å². The Morgan fingerprint density at radius 1 is 1.38 bits per heavy atom. The third kappa shape index (κ3) is 6.32. The molecule has 0 aromatic carbocycles. The highest BCUT2D eigenvalue weighted by Crippen LogP contribution is 2.17. The van der Waals surface area contributed by atoms with Crippen LogP contribution in [-0.2, 0) is 9.53 Å². The Hall–Kier alpha value is -0.650. The van der Waals surface area contributed by atoms with Gasteiger partial charge in [-0.05, 0) is 59.0 Å². The average molecular weight is 300 g/mol. The number of hydrogen-bond donors (Lipinski definition) is 2. The van der Waals surface area contributed by atoms with E-state index in [0.717, 1.165) is 58.5 Å². The maximum atomic E-state index is 11.4. The molecule has 0 aromatic heterocycles. The number of piperidine rings is 1. The van der Waals surface area contributed by atoms with E-state index in [-0.39, 0.29) is 0 Å². The topological polar surface area (TPSA) is 61.8 Å². The maximum Gasteiger partial charge on any atom is 0.323 e. The Bertz CT molecular complexity index is 304. The Labute approximate surface area is 129 Å². The number of aliphatic carboxylic acids is 1. The van der Waals surface area contributed by atoms with Crippen LogP contribution < -0.4 is 5.32 Å². The van der Waals surface area contributed by atoms with Crippen molar-refractivity contribution >= 4 is 5.97 Å². The summed E-state index contributed by atoms with van der Waals surface area (Å²) in [6.45, 7) is 10.6. The van der Waals surface area contributed by atoms with Crippen molar-refractivity contribution in [1.29, 1.82) is 0 Å². The Balaban J connectivity index is 2.27. The molecule has 0 aromatic rings. The van der Waals surface area contributed by atoms with Crippen LogP contribution >= 0.6 is 0 Å². The van der Waals surface area contributed by atoms with Crippen LogP contribution in [0, 0.1) is 0 Å². The second-order valence-electron chi connectivity index (χ2n) is 6.16. The minimum absolute atomic E-state index is 0.418. The first kappa shape index (κ1) is 18.4. The molecule has 0 amide bonds. The van der Waals surface area contributed by atoms with Crippen LogP contribution in [0.2, 0.25) is 0 Å². The smallest absolute Gasteiger partial charge is 0.323 e. The van der Waals surface area contributed by atoms with E-state index in [1.54, 1.807) is 6.92 Å². The minimum atomic E-state index is -0.792. The van der Waals surface area contributed by atoms with Gasteiger partial charge in [-0.2, -0.15) is 0 Å². The van der Waals surface area contributed by atoms with Crippen LogP contribution in [0.5, 0.6) is 0 Å². The molecule has 0 bridgehead atoms. The minimum Gasteiger partial charge on any atom is -0.480 e. The molecule has 1 aliphatic rings. The van der Waals surface area contributed by atoms with Crippen LogP contribution in [0.15, 0.2) is 0 Å². The molecule has 2 N–H and O–H groups in total. The van der Waals surface area contributed by atoms with Crippen molar-refractivity contribution in [2.45, 2.75) is 64.5 Å². The fraction of sp³-hybridized carbons (Fsp3) is 0.938. The molecular formula is C16H32N2O3. The van der Waals surface area contributed by atoms with Crippen LogP contribution in [0.3, 0.4) is 0 Å². The predicted molar refractivity (Wildman–Crippen MR) is 84.7 cm³/mol. The SMILES string of the molecule is CCCNC(C)(CCCN1CCC(OCC)CC1)C(=O)O. The van der Waals surface area contributed by atoms with Crippen molar-refractivity contribution in [2.24, 2.45) is 0 Å². The van der Waals surface area contributed by atoms with E-state index in [2.05, 4.69) is 17.1 Å². The van der Waals surface area contributed by atoms with Gasteiger partial charge in [-0.15, -0.1) is 0 Å². The molecule has 1 atom stereocenters. The molecule has 5 nitrogen and oxygen atoms in total. The van der Waals surface area contributed by atoms with Gasteiger partial charge in [0.05, 0.1) is 6.10 Å². The highest BCUT2D eigenvalue weighted by molar-refractivity contribution is 5.78. The number of nitrogens with zero attached hydrogens (tertiary/aromatic N) is 1. The molecule has 1 fully saturated rings. The van der Waals surface area contributed by atoms with Gasteiger partial charge in [0.1, 0.15) is 5.54 Å². The van der Waals surface area contributed by atoms with Crippen molar-refractivity contribution < 1.29 is 14.6 Å². The number of hydrogen-bond acceptors (Lipinski definition) is 4. The van der Waals surface area contributed by atoms with Crippen molar-refractivity contribution in [3.63, 3.8) is 0 Å². The molecule has 0 saturated carbocycles. The van der Waals surface area contributed by atoms with Gasteiger partial charge in [0.2, 0.25) is 0 Å². The van der Waals surface area contributed by atoms with Crippen LogP contribution in [0.4, 0.5) is 0 Å². The summed E-state index contributed by atoms with van der Waals surface area (Å²) in [5, 5.41) is 12.6. The standard InChI is InChI=1S/C16H32N2O3/c1-4-10-17-16(3,15(19)20)9-6-11-18-12-7-14(8-13-18)21-5-2/h14,17H,4-13H2,1-3H3,(H,19,20). The molecule has 1 rings (SSSR count). The number of carboxylic acid groups (broad SMARTS) is 1. The van der Waals surface area contributed by atoms with E-state index in [9.17, 15) is 9.90 Å². The second kappa shape index (κ2) is 9.38. The summed E-state index contributed by atoms with van der Waals surface area (Å²) < 4.78 is 5.65. The van der Waals surface area contributed by atoms with Gasteiger partial charge in [-0.1, -0.05) is 6.92 Å². The van der Waals surface area contributed by atoms with Gasteiger partial charge in [-0.3, -0.25) is 4.79 Å². The lowest BCUT2D eigenvalue weighted by atomic mass is 9.95. The summed E-state index contributed by atoms with van der Waals surface area (Å²) in [5.41, 5.74) is -0.792. The fourth-order valence-electron chi connectivity index (χ4n) is 2.86. The summed E-state index contributed by atoms with van der Waals surface area (Å²) in [6.07, 6.45) is 5.15.